The van der Waals surface area contributed by atoms with Crippen LogP contribution in [0.1, 0.15) is 32.3 Å². The molecule has 5 nitrogen and oxygen atoms in total. The predicted molar refractivity (Wildman–Crippen MR) is 76.8 cm³/mol. The minimum atomic E-state index is -0.311. The van der Waals surface area contributed by atoms with Crippen LogP contribution in [0.25, 0.3) is 0 Å². The fraction of sp³-hybridized carbons (Fsp3) is 0.533. The number of benzene rings is 1. The number of carbonyl (C=O) groups excluding carboxylic acids is 1. The van der Waals surface area contributed by atoms with Crippen molar-refractivity contribution in [2.24, 2.45) is 5.73 Å². The molecule has 1 aromatic carbocycles. The molecule has 0 saturated heterocycles. The molecule has 0 saturated carbocycles. The normalized spacial score (nSPS) is 13.9. The Balaban J connectivity index is 1.83. The number of ether oxygens (including phenoxy) is 2. The van der Waals surface area contributed by atoms with Crippen LogP contribution in [0, 0.1) is 0 Å². The Hall–Kier alpha value is -1.75. The lowest BCUT2D eigenvalue weighted by Gasteiger charge is -2.19. The first kappa shape index (κ1) is 14.7. The molecule has 110 valence electrons. The number of nitrogens with one attached hydrogen (secondary N) is 1. The van der Waals surface area contributed by atoms with Crippen LogP contribution < -0.4 is 20.5 Å². The number of hydrogen-bond donors (Lipinski definition) is 2. The molecule has 5 heteroatoms. The number of fused-ring (bicyclic) bond motifs is 1. The molecule has 20 heavy (non-hydrogen) atoms. The van der Waals surface area contributed by atoms with Crippen molar-refractivity contribution < 1.29 is 14.3 Å². The number of carbonyl (C=O) groups is 1. The lowest BCUT2D eigenvalue weighted by Crippen LogP contribution is -2.34. The first-order valence-corrected chi connectivity index (χ1v) is 6.88. The molecule has 1 amide bonds. The highest BCUT2D eigenvalue weighted by Gasteiger charge is 2.14. The Morgan fingerprint density at radius 1 is 1.30 bits per heavy atom. The molecule has 0 radical (unpaired) electrons. The summed E-state index contributed by atoms with van der Waals surface area (Å²) in [5.74, 6) is 1.51. The molecule has 1 aromatic rings. The number of hydrogen-bond acceptors (Lipinski definition) is 4. The molecule has 1 aliphatic rings. The van der Waals surface area contributed by atoms with Gasteiger partial charge in [-0.3, -0.25) is 4.79 Å². The summed E-state index contributed by atoms with van der Waals surface area (Å²) >= 11 is 0. The van der Waals surface area contributed by atoms with E-state index >= 15 is 0 Å². The average Bonchev–Trinajstić information content (AvgIpc) is 2.42. The summed E-state index contributed by atoms with van der Waals surface area (Å²) in [4.78, 5) is 11.7. The second-order valence-corrected chi connectivity index (χ2v) is 5.74. The van der Waals surface area contributed by atoms with Gasteiger partial charge in [0.05, 0.1) is 0 Å². The summed E-state index contributed by atoms with van der Waals surface area (Å²) in [6.07, 6.45) is 1.11. The molecule has 0 bridgehead atoms. The first-order valence-electron chi connectivity index (χ1n) is 6.88. The maximum atomic E-state index is 11.7. The number of rotatable bonds is 5. The van der Waals surface area contributed by atoms with Gasteiger partial charge in [-0.15, -0.1) is 0 Å². The quantitative estimate of drug-likeness (QED) is 0.858. The summed E-state index contributed by atoms with van der Waals surface area (Å²) in [5.41, 5.74) is 6.54. The van der Waals surface area contributed by atoms with Crippen molar-refractivity contribution in [2.75, 3.05) is 13.2 Å². The Bertz CT molecular complexity index is 480. The van der Waals surface area contributed by atoms with Crippen LogP contribution in [0.4, 0.5) is 0 Å². The minimum absolute atomic E-state index is 0.0124. The van der Waals surface area contributed by atoms with E-state index in [0.717, 1.165) is 17.1 Å². The smallest absolute Gasteiger partial charge is 0.220 e. The van der Waals surface area contributed by atoms with Crippen molar-refractivity contribution >= 4 is 5.91 Å². The van der Waals surface area contributed by atoms with Gasteiger partial charge < -0.3 is 20.5 Å². The molecule has 0 unspecified atom stereocenters. The van der Waals surface area contributed by atoms with E-state index in [0.29, 0.717) is 32.6 Å². The third-order valence-electron chi connectivity index (χ3n) is 3.09. The van der Waals surface area contributed by atoms with Crippen LogP contribution in [0.5, 0.6) is 11.5 Å². The molecule has 2 rings (SSSR count). The zero-order chi connectivity index (χ0) is 14.6. The zero-order valence-electron chi connectivity index (χ0n) is 12.1. The average molecular weight is 278 g/mol. The van der Waals surface area contributed by atoms with Gasteiger partial charge in [-0.1, -0.05) is 6.07 Å². The predicted octanol–water partition coefficient (Wildman–Crippen LogP) is 1.59. The van der Waals surface area contributed by atoms with Crippen LogP contribution in [0.3, 0.4) is 0 Å². The van der Waals surface area contributed by atoms with Crippen molar-refractivity contribution in [1.82, 2.24) is 5.32 Å². The largest absolute Gasteiger partial charge is 0.486 e. The molecule has 1 aliphatic heterocycles. The fourth-order valence-corrected chi connectivity index (χ4v) is 1.92. The summed E-state index contributed by atoms with van der Waals surface area (Å²) in [7, 11) is 0. The van der Waals surface area contributed by atoms with Crippen molar-refractivity contribution in [3.63, 3.8) is 0 Å². The van der Waals surface area contributed by atoms with Crippen LogP contribution in [0.2, 0.25) is 0 Å². The SMILES string of the molecule is CC(C)(N)CCC(=O)NCc1ccc2c(c1)OCCO2. The summed E-state index contributed by atoms with van der Waals surface area (Å²) in [6, 6.07) is 5.71. The summed E-state index contributed by atoms with van der Waals surface area (Å²) < 4.78 is 11.0. The lowest BCUT2D eigenvalue weighted by atomic mass is 10.00. The Labute approximate surface area is 119 Å². The van der Waals surface area contributed by atoms with Crippen LogP contribution >= 0.6 is 0 Å². The van der Waals surface area contributed by atoms with E-state index in [2.05, 4.69) is 5.32 Å². The fourth-order valence-electron chi connectivity index (χ4n) is 1.92. The van der Waals surface area contributed by atoms with Gasteiger partial charge in [-0.05, 0) is 38.0 Å². The van der Waals surface area contributed by atoms with Gasteiger partial charge in [0.25, 0.3) is 0 Å². The third kappa shape index (κ3) is 4.42. The standard InChI is InChI=1S/C15H22N2O3/c1-15(2,16)6-5-14(18)17-10-11-3-4-12-13(9-11)20-8-7-19-12/h3-4,9H,5-8,10,16H2,1-2H3,(H,17,18). The van der Waals surface area contributed by atoms with Crippen LogP contribution in [-0.4, -0.2) is 24.7 Å². The van der Waals surface area contributed by atoms with Gasteiger partial charge in [0.1, 0.15) is 13.2 Å². The number of nitrogens with two attached hydrogens (primary N) is 1. The minimum Gasteiger partial charge on any atom is -0.486 e. The molecule has 1 heterocycles. The van der Waals surface area contributed by atoms with E-state index in [1.54, 1.807) is 0 Å². The van der Waals surface area contributed by atoms with Gasteiger partial charge in [0, 0.05) is 18.5 Å². The maximum Gasteiger partial charge on any atom is 0.220 e. The Morgan fingerprint density at radius 3 is 2.70 bits per heavy atom. The second kappa shape index (κ2) is 6.13. The Kier molecular flexibility index (Phi) is 4.49. The monoisotopic (exact) mass is 278 g/mol. The van der Waals surface area contributed by atoms with Crippen LogP contribution in [0.15, 0.2) is 18.2 Å². The van der Waals surface area contributed by atoms with Gasteiger partial charge in [0.15, 0.2) is 11.5 Å². The van der Waals surface area contributed by atoms with Crippen molar-refractivity contribution in [3.05, 3.63) is 23.8 Å². The summed E-state index contributed by atoms with van der Waals surface area (Å²) in [5, 5.41) is 2.89. The molecule has 0 aliphatic carbocycles. The van der Waals surface area contributed by atoms with Gasteiger partial charge in [-0.2, -0.15) is 0 Å². The highest BCUT2D eigenvalue weighted by molar-refractivity contribution is 5.76. The van der Waals surface area contributed by atoms with Gasteiger partial charge in [0.2, 0.25) is 5.91 Å². The molecular weight excluding hydrogens is 256 g/mol. The molecular formula is C15H22N2O3. The van der Waals surface area contributed by atoms with Gasteiger partial charge in [-0.25, -0.2) is 0 Å². The van der Waals surface area contributed by atoms with E-state index in [9.17, 15) is 4.79 Å². The molecule has 0 aromatic heterocycles. The highest BCUT2D eigenvalue weighted by atomic mass is 16.6. The van der Waals surface area contributed by atoms with E-state index in [-0.39, 0.29) is 11.4 Å². The van der Waals surface area contributed by atoms with Gasteiger partial charge >= 0.3 is 0 Å². The zero-order valence-corrected chi connectivity index (χ0v) is 12.1. The van der Waals surface area contributed by atoms with E-state index in [1.807, 2.05) is 32.0 Å². The molecule has 3 N–H and O–H groups in total. The molecule has 0 fully saturated rings. The first-order chi connectivity index (χ1) is 9.44. The van der Waals surface area contributed by atoms with E-state index in [1.165, 1.54) is 0 Å². The molecule has 0 atom stereocenters. The van der Waals surface area contributed by atoms with Crippen molar-refractivity contribution in [2.45, 2.75) is 38.8 Å². The molecule has 0 spiro atoms. The van der Waals surface area contributed by atoms with Crippen molar-refractivity contribution in [1.29, 1.82) is 0 Å². The topological polar surface area (TPSA) is 73.6 Å². The third-order valence-corrected chi connectivity index (χ3v) is 3.09. The van der Waals surface area contributed by atoms with Crippen LogP contribution in [-0.2, 0) is 11.3 Å². The number of amides is 1. The summed E-state index contributed by atoms with van der Waals surface area (Å²) in [6.45, 7) is 5.47. The van der Waals surface area contributed by atoms with E-state index < -0.39 is 0 Å². The second-order valence-electron chi connectivity index (χ2n) is 5.74. The maximum absolute atomic E-state index is 11.7. The van der Waals surface area contributed by atoms with E-state index in [4.69, 9.17) is 15.2 Å². The Morgan fingerprint density at radius 2 is 2.00 bits per heavy atom. The lowest BCUT2D eigenvalue weighted by molar-refractivity contribution is -0.121. The van der Waals surface area contributed by atoms with Crippen molar-refractivity contribution in [3.8, 4) is 11.5 Å². The highest BCUT2D eigenvalue weighted by Crippen LogP contribution is 2.30.